The highest BCUT2D eigenvalue weighted by molar-refractivity contribution is 5.97. The van der Waals surface area contributed by atoms with E-state index in [1.165, 1.54) is 11.7 Å². The van der Waals surface area contributed by atoms with Gasteiger partial charge in [-0.25, -0.2) is 4.98 Å². The van der Waals surface area contributed by atoms with Gasteiger partial charge in [0, 0.05) is 13.1 Å². The molecular formula is C29H30N6O3. The normalized spacial score (nSPS) is 10.6. The van der Waals surface area contributed by atoms with Crippen LogP contribution in [0.25, 0.3) is 11.3 Å². The Morgan fingerprint density at radius 2 is 1.74 bits per heavy atom. The number of rotatable bonds is 11. The number of benzene rings is 3. The molecule has 3 aromatic carbocycles. The number of nitrogen functional groups attached to an aromatic ring is 1. The lowest BCUT2D eigenvalue weighted by molar-refractivity contribution is -0.121. The van der Waals surface area contributed by atoms with E-state index in [9.17, 15) is 9.59 Å². The third-order valence-corrected chi connectivity index (χ3v) is 6.02. The van der Waals surface area contributed by atoms with Crippen LogP contribution >= 0.6 is 0 Å². The first-order valence-electron chi connectivity index (χ1n) is 12.2. The molecule has 0 unspecified atom stereocenters. The number of carbonyl (C=O) groups excluding carboxylic acids is 1. The number of ether oxygens (including phenoxy) is 1. The maximum atomic E-state index is 13.4. The Kier molecular flexibility index (Phi) is 8.50. The zero-order valence-electron chi connectivity index (χ0n) is 21.1. The van der Waals surface area contributed by atoms with E-state index in [2.05, 4.69) is 15.6 Å². The summed E-state index contributed by atoms with van der Waals surface area (Å²) in [5.74, 6) is 0.210. The fraction of sp³-hybridized carbons (Fsp3) is 0.172. The molecule has 0 bridgehead atoms. The second kappa shape index (κ2) is 12.4. The standard InChI is InChI=1S/C29H30N6O3/c1-38-25-16-21(12-13-23(25)27(30)31)17-33-26(36)19-35-24(22-10-6-3-7-11-22)18-34-28(29(35)37)32-15-14-20-8-4-2-5-9-20/h2-13,16,18H,14-15,17,19H2,1H3,(H3,30,31)(H,32,34)(H,33,36). The van der Waals surface area contributed by atoms with Crippen molar-refractivity contribution >= 4 is 17.6 Å². The van der Waals surface area contributed by atoms with Gasteiger partial charge in [0.25, 0.3) is 5.56 Å². The zero-order valence-corrected chi connectivity index (χ0v) is 21.1. The van der Waals surface area contributed by atoms with Crippen molar-refractivity contribution in [3.8, 4) is 17.0 Å². The van der Waals surface area contributed by atoms with Crippen molar-refractivity contribution in [1.29, 1.82) is 5.41 Å². The molecule has 4 rings (SSSR count). The molecule has 0 radical (unpaired) electrons. The van der Waals surface area contributed by atoms with Crippen molar-refractivity contribution in [2.45, 2.75) is 19.5 Å². The Morgan fingerprint density at radius 3 is 2.42 bits per heavy atom. The van der Waals surface area contributed by atoms with E-state index in [0.29, 0.717) is 23.6 Å². The largest absolute Gasteiger partial charge is 0.496 e. The van der Waals surface area contributed by atoms with Crippen LogP contribution in [0, 0.1) is 5.41 Å². The van der Waals surface area contributed by atoms with Gasteiger partial charge in [0.2, 0.25) is 5.91 Å². The van der Waals surface area contributed by atoms with Gasteiger partial charge in [0.1, 0.15) is 18.1 Å². The SMILES string of the molecule is COc1cc(CNC(=O)Cn2c(-c3ccccc3)cnc(NCCc3ccccc3)c2=O)ccc1C(=N)N. The third-order valence-electron chi connectivity index (χ3n) is 6.02. The molecule has 0 atom stereocenters. The second-order valence-electron chi connectivity index (χ2n) is 8.64. The Hall–Kier alpha value is -4.92. The quantitative estimate of drug-likeness (QED) is 0.181. The molecule has 1 amide bonds. The molecule has 9 nitrogen and oxygen atoms in total. The summed E-state index contributed by atoms with van der Waals surface area (Å²) in [5, 5.41) is 13.6. The maximum Gasteiger partial charge on any atom is 0.294 e. The predicted octanol–water partition coefficient (Wildman–Crippen LogP) is 3.17. The number of nitrogens with one attached hydrogen (secondary N) is 3. The summed E-state index contributed by atoms with van der Waals surface area (Å²) in [7, 11) is 1.50. The van der Waals surface area contributed by atoms with E-state index in [4.69, 9.17) is 15.9 Å². The van der Waals surface area contributed by atoms with Gasteiger partial charge in [-0.15, -0.1) is 0 Å². The Balaban J connectivity index is 1.51. The van der Waals surface area contributed by atoms with E-state index >= 15 is 0 Å². The summed E-state index contributed by atoms with van der Waals surface area (Å²) in [5.41, 5.74) is 8.94. The summed E-state index contributed by atoms with van der Waals surface area (Å²) < 4.78 is 6.74. The molecule has 1 heterocycles. The molecule has 5 N–H and O–H groups in total. The topological polar surface area (TPSA) is 135 Å². The smallest absolute Gasteiger partial charge is 0.294 e. The lowest BCUT2D eigenvalue weighted by Crippen LogP contribution is -2.34. The summed E-state index contributed by atoms with van der Waals surface area (Å²) in [6, 6.07) is 24.5. The van der Waals surface area contributed by atoms with E-state index < -0.39 is 0 Å². The van der Waals surface area contributed by atoms with Gasteiger partial charge in [-0.1, -0.05) is 66.7 Å². The lowest BCUT2D eigenvalue weighted by Gasteiger charge is -2.15. The summed E-state index contributed by atoms with van der Waals surface area (Å²) >= 11 is 0. The molecule has 0 saturated heterocycles. The van der Waals surface area contributed by atoms with Crippen LogP contribution in [-0.4, -0.2) is 34.9 Å². The number of nitrogens with two attached hydrogens (primary N) is 1. The highest BCUT2D eigenvalue weighted by Crippen LogP contribution is 2.20. The summed E-state index contributed by atoms with van der Waals surface area (Å²) in [6.07, 6.45) is 2.34. The highest BCUT2D eigenvalue weighted by Gasteiger charge is 2.15. The maximum absolute atomic E-state index is 13.4. The van der Waals surface area contributed by atoms with Gasteiger partial charge in [-0.05, 0) is 35.2 Å². The van der Waals surface area contributed by atoms with Crippen LogP contribution < -0.4 is 26.7 Å². The van der Waals surface area contributed by atoms with Gasteiger partial charge in [0.05, 0.1) is 24.6 Å². The molecule has 0 spiro atoms. The van der Waals surface area contributed by atoms with Crippen LogP contribution in [0.1, 0.15) is 16.7 Å². The minimum Gasteiger partial charge on any atom is -0.496 e. The van der Waals surface area contributed by atoms with Crippen molar-refractivity contribution in [3.63, 3.8) is 0 Å². The number of hydrogen-bond acceptors (Lipinski definition) is 6. The zero-order chi connectivity index (χ0) is 26.9. The third kappa shape index (κ3) is 6.44. The van der Waals surface area contributed by atoms with E-state index in [1.54, 1.807) is 24.4 Å². The number of carbonyl (C=O) groups is 1. The van der Waals surface area contributed by atoms with Crippen LogP contribution in [0.4, 0.5) is 5.82 Å². The van der Waals surface area contributed by atoms with Crippen LogP contribution in [-0.2, 0) is 24.3 Å². The van der Waals surface area contributed by atoms with E-state index in [-0.39, 0.29) is 36.2 Å². The first-order valence-corrected chi connectivity index (χ1v) is 12.2. The number of amidine groups is 1. The molecular weight excluding hydrogens is 480 g/mol. The van der Waals surface area contributed by atoms with Gasteiger partial charge in [-0.3, -0.25) is 19.6 Å². The second-order valence-corrected chi connectivity index (χ2v) is 8.64. The minimum absolute atomic E-state index is 0.101. The fourth-order valence-electron chi connectivity index (χ4n) is 4.04. The average Bonchev–Trinajstić information content (AvgIpc) is 2.94. The van der Waals surface area contributed by atoms with Crippen molar-refractivity contribution in [3.05, 3.63) is 112 Å². The molecule has 0 fully saturated rings. The molecule has 38 heavy (non-hydrogen) atoms. The molecule has 0 aliphatic carbocycles. The Morgan fingerprint density at radius 1 is 1.03 bits per heavy atom. The van der Waals surface area contributed by atoms with E-state index in [0.717, 1.165) is 23.1 Å². The molecule has 1 aromatic heterocycles. The summed E-state index contributed by atoms with van der Waals surface area (Å²) in [6.45, 7) is 0.568. The number of nitrogens with zero attached hydrogens (tertiary/aromatic N) is 2. The van der Waals surface area contributed by atoms with Crippen LogP contribution in [0.5, 0.6) is 5.75 Å². The number of methoxy groups -OCH3 is 1. The first kappa shape index (κ1) is 26.2. The van der Waals surface area contributed by atoms with Crippen molar-refractivity contribution < 1.29 is 9.53 Å². The fourth-order valence-corrected chi connectivity index (χ4v) is 4.04. The monoisotopic (exact) mass is 510 g/mol. The lowest BCUT2D eigenvalue weighted by atomic mass is 10.1. The summed E-state index contributed by atoms with van der Waals surface area (Å²) in [4.78, 5) is 30.7. The van der Waals surface area contributed by atoms with Gasteiger partial charge in [0.15, 0.2) is 5.82 Å². The van der Waals surface area contributed by atoms with Crippen molar-refractivity contribution in [2.24, 2.45) is 5.73 Å². The average molecular weight is 511 g/mol. The molecule has 4 aromatic rings. The molecule has 9 heteroatoms. The van der Waals surface area contributed by atoms with Crippen LogP contribution in [0.3, 0.4) is 0 Å². The van der Waals surface area contributed by atoms with Gasteiger partial charge in [-0.2, -0.15) is 0 Å². The molecule has 0 saturated carbocycles. The molecule has 194 valence electrons. The van der Waals surface area contributed by atoms with E-state index in [1.807, 2.05) is 60.7 Å². The highest BCUT2D eigenvalue weighted by atomic mass is 16.5. The number of anilines is 1. The van der Waals surface area contributed by atoms with Crippen LogP contribution in [0.2, 0.25) is 0 Å². The van der Waals surface area contributed by atoms with Crippen molar-refractivity contribution in [2.75, 3.05) is 19.0 Å². The molecule has 0 aliphatic heterocycles. The van der Waals surface area contributed by atoms with Gasteiger partial charge >= 0.3 is 0 Å². The molecule has 0 aliphatic rings. The Labute approximate surface area is 220 Å². The predicted molar refractivity (Wildman–Crippen MR) is 148 cm³/mol. The number of amides is 1. The minimum atomic E-state index is -0.373. The van der Waals surface area contributed by atoms with Crippen molar-refractivity contribution in [1.82, 2.24) is 14.9 Å². The number of aromatic nitrogens is 2. The van der Waals surface area contributed by atoms with Crippen LogP contribution in [0.15, 0.2) is 89.9 Å². The van der Waals surface area contributed by atoms with Gasteiger partial charge < -0.3 is 21.1 Å². The number of hydrogen-bond donors (Lipinski definition) is 4. The first-order chi connectivity index (χ1) is 18.5. The Bertz CT molecular complexity index is 1470.